The Balaban J connectivity index is 1.31. The molecule has 8 nitrogen and oxygen atoms in total. The van der Waals surface area contributed by atoms with Crippen molar-refractivity contribution in [3.8, 4) is 17.0 Å². The van der Waals surface area contributed by atoms with Crippen LogP contribution in [0.2, 0.25) is 0 Å². The van der Waals surface area contributed by atoms with Crippen LogP contribution in [0.15, 0.2) is 60.8 Å². The zero-order valence-electron chi connectivity index (χ0n) is 17.1. The highest BCUT2D eigenvalue weighted by atomic mass is 16.5. The average Bonchev–Trinajstić information content (AvgIpc) is 3.58. The fourth-order valence-corrected chi connectivity index (χ4v) is 3.28. The van der Waals surface area contributed by atoms with Gasteiger partial charge in [0, 0.05) is 30.3 Å². The van der Waals surface area contributed by atoms with Crippen molar-refractivity contribution in [1.82, 2.24) is 19.6 Å². The normalized spacial score (nSPS) is 13.2. The first-order valence-corrected chi connectivity index (χ1v) is 10.2. The maximum absolute atomic E-state index is 12.0. The zero-order valence-corrected chi connectivity index (χ0v) is 17.1. The molecule has 0 spiro atoms. The number of ether oxygens (including phenoxy) is 1. The molecule has 0 aliphatic heterocycles. The van der Waals surface area contributed by atoms with E-state index in [-0.39, 0.29) is 11.8 Å². The number of pyridine rings is 2. The minimum absolute atomic E-state index is 0.00486. The van der Waals surface area contributed by atoms with Gasteiger partial charge in [0.15, 0.2) is 5.65 Å². The molecule has 0 radical (unpaired) electrons. The van der Waals surface area contributed by atoms with E-state index in [0.717, 1.165) is 41.2 Å². The van der Waals surface area contributed by atoms with Gasteiger partial charge in [0.25, 0.3) is 0 Å². The first-order chi connectivity index (χ1) is 15.2. The second kappa shape index (κ2) is 8.06. The van der Waals surface area contributed by atoms with Crippen LogP contribution < -0.4 is 15.4 Å². The van der Waals surface area contributed by atoms with Crippen LogP contribution in [-0.4, -0.2) is 32.5 Å². The average molecular weight is 414 g/mol. The Morgan fingerprint density at radius 3 is 2.68 bits per heavy atom. The number of nitrogens with one attached hydrogen (secondary N) is 2. The Kier molecular flexibility index (Phi) is 4.95. The summed E-state index contributed by atoms with van der Waals surface area (Å²) in [6.45, 7) is 0.444. The molecular formula is C23H22N6O2. The maximum Gasteiger partial charge on any atom is 0.249 e. The van der Waals surface area contributed by atoms with Crippen molar-refractivity contribution in [1.29, 1.82) is 0 Å². The van der Waals surface area contributed by atoms with Crippen molar-refractivity contribution in [2.75, 3.05) is 17.7 Å². The summed E-state index contributed by atoms with van der Waals surface area (Å²) in [6.07, 6.45) is 3.68. The smallest absolute Gasteiger partial charge is 0.249 e. The lowest BCUT2D eigenvalue weighted by Gasteiger charge is -2.08. The number of fused-ring (bicyclic) bond motifs is 1. The molecule has 3 aromatic heterocycles. The van der Waals surface area contributed by atoms with Gasteiger partial charge >= 0.3 is 0 Å². The predicted molar refractivity (Wildman–Crippen MR) is 118 cm³/mol. The van der Waals surface area contributed by atoms with E-state index in [0.29, 0.717) is 18.2 Å². The van der Waals surface area contributed by atoms with E-state index in [1.807, 2.05) is 61.6 Å². The Morgan fingerprint density at radius 1 is 1.13 bits per heavy atom. The van der Waals surface area contributed by atoms with Gasteiger partial charge in [0.05, 0.1) is 5.69 Å². The van der Waals surface area contributed by atoms with E-state index in [4.69, 9.17) is 4.74 Å². The summed E-state index contributed by atoms with van der Waals surface area (Å²) in [5.74, 6) is 2.03. The first kappa shape index (κ1) is 19.0. The molecule has 1 saturated carbocycles. The lowest BCUT2D eigenvalue weighted by atomic mass is 10.1. The van der Waals surface area contributed by atoms with Crippen LogP contribution in [0.4, 0.5) is 11.8 Å². The van der Waals surface area contributed by atoms with Gasteiger partial charge in [0.2, 0.25) is 11.9 Å². The van der Waals surface area contributed by atoms with Crippen LogP contribution in [0, 0.1) is 5.92 Å². The molecule has 1 aliphatic carbocycles. The van der Waals surface area contributed by atoms with E-state index < -0.39 is 0 Å². The Hall–Kier alpha value is -3.94. The molecule has 8 heteroatoms. The number of benzene rings is 1. The van der Waals surface area contributed by atoms with Gasteiger partial charge in [0.1, 0.15) is 18.2 Å². The lowest BCUT2D eigenvalue weighted by molar-refractivity contribution is -0.117. The first-order valence-electron chi connectivity index (χ1n) is 10.2. The minimum Gasteiger partial charge on any atom is -0.489 e. The molecule has 4 aromatic rings. The Morgan fingerprint density at radius 2 is 1.97 bits per heavy atom. The molecule has 156 valence electrons. The minimum atomic E-state index is -0.00486. The molecule has 2 N–H and O–H groups in total. The summed E-state index contributed by atoms with van der Waals surface area (Å²) in [5.41, 5.74) is 3.54. The van der Waals surface area contributed by atoms with Gasteiger partial charge in [-0.25, -0.2) is 9.50 Å². The zero-order chi connectivity index (χ0) is 21.2. The monoisotopic (exact) mass is 414 g/mol. The van der Waals surface area contributed by atoms with Crippen LogP contribution in [0.5, 0.6) is 5.75 Å². The molecule has 3 heterocycles. The topological polar surface area (TPSA) is 93.4 Å². The van der Waals surface area contributed by atoms with E-state index in [1.165, 1.54) is 0 Å². The maximum atomic E-state index is 12.0. The van der Waals surface area contributed by atoms with Gasteiger partial charge in [-0.1, -0.05) is 12.1 Å². The van der Waals surface area contributed by atoms with Gasteiger partial charge in [-0.15, -0.1) is 5.10 Å². The summed E-state index contributed by atoms with van der Waals surface area (Å²) in [7, 11) is 1.84. The number of hydrogen-bond donors (Lipinski definition) is 2. The largest absolute Gasteiger partial charge is 0.489 e. The SMILES string of the molecule is CNc1ccc(COc2ccc(-c3cccc4nc(NC(=O)C5CC5)nn34)cc2)cn1. The van der Waals surface area contributed by atoms with E-state index >= 15 is 0 Å². The van der Waals surface area contributed by atoms with Crippen molar-refractivity contribution in [3.05, 3.63) is 66.4 Å². The lowest BCUT2D eigenvalue weighted by Crippen LogP contribution is -2.14. The molecule has 1 aliphatic rings. The molecule has 1 aromatic carbocycles. The third-order valence-corrected chi connectivity index (χ3v) is 5.18. The summed E-state index contributed by atoms with van der Waals surface area (Å²) in [4.78, 5) is 20.7. The van der Waals surface area contributed by atoms with Crippen molar-refractivity contribution < 1.29 is 9.53 Å². The number of carbonyl (C=O) groups excluding carboxylic acids is 1. The van der Waals surface area contributed by atoms with Crippen molar-refractivity contribution >= 4 is 23.3 Å². The van der Waals surface area contributed by atoms with Crippen molar-refractivity contribution in [3.63, 3.8) is 0 Å². The highest BCUT2D eigenvalue weighted by Crippen LogP contribution is 2.30. The van der Waals surface area contributed by atoms with E-state index in [9.17, 15) is 4.79 Å². The fourth-order valence-electron chi connectivity index (χ4n) is 3.28. The number of carbonyl (C=O) groups is 1. The highest BCUT2D eigenvalue weighted by molar-refractivity contribution is 5.92. The third kappa shape index (κ3) is 4.18. The summed E-state index contributed by atoms with van der Waals surface area (Å²) < 4.78 is 7.62. The summed E-state index contributed by atoms with van der Waals surface area (Å²) in [5, 5.41) is 10.3. The van der Waals surface area contributed by atoms with Crippen LogP contribution in [-0.2, 0) is 11.4 Å². The Bertz CT molecular complexity index is 1210. The van der Waals surface area contributed by atoms with Crippen LogP contribution in [0.25, 0.3) is 16.9 Å². The summed E-state index contributed by atoms with van der Waals surface area (Å²) >= 11 is 0. The second-order valence-corrected chi connectivity index (χ2v) is 7.49. The third-order valence-electron chi connectivity index (χ3n) is 5.18. The fraction of sp³-hybridized carbons (Fsp3) is 0.217. The quantitative estimate of drug-likeness (QED) is 0.478. The molecule has 0 unspecified atom stereocenters. The van der Waals surface area contributed by atoms with Gasteiger partial charge < -0.3 is 10.1 Å². The van der Waals surface area contributed by atoms with E-state index in [2.05, 4.69) is 25.7 Å². The molecule has 1 amide bonds. The van der Waals surface area contributed by atoms with Crippen molar-refractivity contribution in [2.45, 2.75) is 19.4 Å². The molecule has 0 saturated heterocycles. The number of nitrogens with zero attached hydrogens (tertiary/aromatic N) is 4. The van der Waals surface area contributed by atoms with Crippen LogP contribution >= 0.6 is 0 Å². The summed E-state index contributed by atoms with van der Waals surface area (Å²) in [6, 6.07) is 17.5. The number of anilines is 2. The van der Waals surface area contributed by atoms with Crippen molar-refractivity contribution in [2.24, 2.45) is 5.92 Å². The van der Waals surface area contributed by atoms with Gasteiger partial charge in [-0.2, -0.15) is 4.98 Å². The molecule has 5 rings (SSSR count). The number of hydrogen-bond acceptors (Lipinski definition) is 6. The van der Waals surface area contributed by atoms with E-state index in [1.54, 1.807) is 10.7 Å². The molecule has 0 atom stereocenters. The number of aromatic nitrogens is 4. The molecule has 0 bridgehead atoms. The predicted octanol–water partition coefficient (Wildman–Crippen LogP) is 3.76. The van der Waals surface area contributed by atoms with Crippen LogP contribution in [0.3, 0.4) is 0 Å². The van der Waals surface area contributed by atoms with Crippen LogP contribution in [0.1, 0.15) is 18.4 Å². The Labute approximate surface area is 179 Å². The molecule has 31 heavy (non-hydrogen) atoms. The van der Waals surface area contributed by atoms with Gasteiger partial charge in [-0.05, 0) is 55.3 Å². The number of rotatable bonds is 7. The second-order valence-electron chi connectivity index (χ2n) is 7.49. The number of amides is 1. The van der Waals surface area contributed by atoms with Gasteiger partial charge in [-0.3, -0.25) is 10.1 Å². The highest BCUT2D eigenvalue weighted by Gasteiger charge is 2.30. The molecule has 1 fully saturated rings. The standard InChI is InChI=1S/C23H22N6O2/c1-24-20-12-5-15(13-25-20)14-31-18-10-8-16(9-11-18)19-3-2-4-21-26-23(28-29(19)21)27-22(30)17-6-7-17/h2-5,8-13,17H,6-7,14H2,1H3,(H,24,25)(H,27,28,30). The molecular weight excluding hydrogens is 392 g/mol.